The SMILES string of the molecule is [2H]c1c([2H])c([2H])c(N(c2ccc3c(c2)C(c2ccccc2)(c2ccccc2)c2ccccc2-3)c2cccc3c2oc2ccccc23)c(-c2ccccc2)c1[2H]. The average Bonchev–Trinajstić information content (AvgIpc) is 3.77. The summed E-state index contributed by atoms with van der Waals surface area (Å²) in [5, 5.41) is 1.88. The van der Waals surface area contributed by atoms with E-state index < -0.39 is 5.41 Å². The highest BCUT2D eigenvalue weighted by Gasteiger charge is 2.46. The van der Waals surface area contributed by atoms with Gasteiger partial charge in [-0.15, -0.1) is 0 Å². The van der Waals surface area contributed by atoms with Crippen molar-refractivity contribution in [1.29, 1.82) is 0 Å². The Morgan fingerprint density at radius 2 is 1.10 bits per heavy atom. The lowest BCUT2D eigenvalue weighted by Gasteiger charge is -2.35. The number of fused-ring (bicyclic) bond motifs is 6. The van der Waals surface area contributed by atoms with Gasteiger partial charge in [0.25, 0.3) is 0 Å². The molecule has 8 aromatic carbocycles. The molecule has 0 spiro atoms. The van der Waals surface area contributed by atoms with Crippen LogP contribution in [0.4, 0.5) is 17.1 Å². The molecule has 0 fully saturated rings. The molecule has 10 rings (SSSR count). The van der Waals surface area contributed by atoms with Crippen LogP contribution in [-0.2, 0) is 5.41 Å². The Kier molecular flexibility index (Phi) is 5.84. The zero-order valence-corrected chi connectivity index (χ0v) is 27.6. The minimum atomic E-state index is -0.681. The van der Waals surface area contributed by atoms with Gasteiger partial charge in [0.1, 0.15) is 5.58 Å². The topological polar surface area (TPSA) is 16.4 Å². The lowest BCUT2D eigenvalue weighted by molar-refractivity contribution is 0.669. The Labute approximate surface area is 303 Å². The molecule has 2 heteroatoms. The van der Waals surface area contributed by atoms with Gasteiger partial charge in [0, 0.05) is 22.0 Å². The van der Waals surface area contributed by atoms with Gasteiger partial charge in [0.05, 0.1) is 22.3 Å². The first kappa shape index (κ1) is 25.3. The lowest BCUT2D eigenvalue weighted by Crippen LogP contribution is -2.28. The number of rotatable bonds is 6. The Morgan fingerprint density at radius 3 is 1.88 bits per heavy atom. The van der Waals surface area contributed by atoms with Crippen LogP contribution in [0.5, 0.6) is 0 Å². The van der Waals surface area contributed by atoms with Gasteiger partial charge < -0.3 is 9.32 Å². The molecule has 0 saturated heterocycles. The molecule has 0 unspecified atom stereocenters. The van der Waals surface area contributed by atoms with Crippen molar-refractivity contribution in [1.82, 2.24) is 0 Å². The molecule has 1 aromatic heterocycles. The summed E-state index contributed by atoms with van der Waals surface area (Å²) in [5.74, 6) is 0. The van der Waals surface area contributed by atoms with Gasteiger partial charge in [-0.25, -0.2) is 0 Å². The predicted octanol–water partition coefficient (Wildman–Crippen LogP) is 13.1. The van der Waals surface area contributed by atoms with E-state index in [9.17, 15) is 2.74 Å². The number of anilines is 3. The molecule has 0 amide bonds. The first-order valence-corrected chi connectivity index (χ1v) is 17.2. The molecule has 0 aliphatic heterocycles. The van der Waals surface area contributed by atoms with E-state index in [4.69, 9.17) is 7.16 Å². The third kappa shape index (κ3) is 4.43. The zero-order chi connectivity index (χ0) is 37.3. The summed E-state index contributed by atoms with van der Waals surface area (Å²) in [6.45, 7) is 0. The highest BCUT2D eigenvalue weighted by Crippen LogP contribution is 2.57. The average molecular weight is 656 g/mol. The standard InChI is InChI=1S/C49H33NO/c1-4-17-34(18-5-1)38-23-11-14-28-45(38)50(46-29-16-26-42-41-25-12-15-30-47(41)51-48(42)46)37-31-32-40-39-24-10-13-27-43(39)49(44(40)33-37,35-19-6-2-7-20-35)36-21-8-3-9-22-36/h1-33H/i11D,14D,23D,28D. The molecule has 2 nitrogen and oxygen atoms in total. The van der Waals surface area contributed by atoms with Crippen LogP contribution in [0.2, 0.25) is 0 Å². The van der Waals surface area contributed by atoms with E-state index in [1.807, 2.05) is 89.8 Å². The quantitative estimate of drug-likeness (QED) is 0.177. The van der Waals surface area contributed by atoms with Crippen LogP contribution in [0.1, 0.15) is 27.7 Å². The second kappa shape index (κ2) is 11.8. The fourth-order valence-corrected chi connectivity index (χ4v) is 8.16. The van der Waals surface area contributed by atoms with E-state index in [1.165, 1.54) is 5.56 Å². The molecule has 1 aliphatic carbocycles. The maximum atomic E-state index is 9.61. The van der Waals surface area contributed by atoms with E-state index >= 15 is 0 Å². The van der Waals surface area contributed by atoms with Gasteiger partial charge in [-0.3, -0.25) is 0 Å². The second-order valence-corrected chi connectivity index (χ2v) is 12.9. The van der Waals surface area contributed by atoms with Gasteiger partial charge >= 0.3 is 0 Å². The molecule has 0 bridgehead atoms. The van der Waals surface area contributed by atoms with Crippen molar-refractivity contribution in [3.8, 4) is 22.3 Å². The Morgan fingerprint density at radius 1 is 0.471 bits per heavy atom. The number of furan rings is 1. The molecule has 240 valence electrons. The second-order valence-electron chi connectivity index (χ2n) is 12.9. The summed E-state index contributed by atoms with van der Waals surface area (Å²) in [6.07, 6.45) is 0. The molecule has 0 atom stereocenters. The van der Waals surface area contributed by atoms with E-state index in [2.05, 4.69) is 91.0 Å². The van der Waals surface area contributed by atoms with E-state index in [0.717, 1.165) is 49.9 Å². The molecule has 9 aromatic rings. The molecule has 51 heavy (non-hydrogen) atoms. The van der Waals surface area contributed by atoms with E-state index in [-0.39, 0.29) is 24.2 Å². The van der Waals surface area contributed by atoms with Crippen molar-refractivity contribution >= 4 is 39.0 Å². The van der Waals surface area contributed by atoms with Crippen LogP contribution >= 0.6 is 0 Å². The summed E-state index contributed by atoms with van der Waals surface area (Å²) in [5.41, 5.74) is 10.3. The Hall–Kier alpha value is -6.64. The molecule has 0 radical (unpaired) electrons. The minimum absolute atomic E-state index is 0.111. The number of hydrogen-bond acceptors (Lipinski definition) is 2. The van der Waals surface area contributed by atoms with Gasteiger partial charge in [0.15, 0.2) is 5.58 Å². The van der Waals surface area contributed by atoms with Crippen molar-refractivity contribution < 1.29 is 9.90 Å². The maximum Gasteiger partial charge on any atom is 0.159 e. The lowest BCUT2D eigenvalue weighted by atomic mass is 9.67. The third-order valence-electron chi connectivity index (χ3n) is 10.3. The van der Waals surface area contributed by atoms with Crippen LogP contribution in [0, 0.1) is 0 Å². The smallest absolute Gasteiger partial charge is 0.159 e. The van der Waals surface area contributed by atoms with Crippen LogP contribution in [0.15, 0.2) is 205 Å². The van der Waals surface area contributed by atoms with Gasteiger partial charge in [0.2, 0.25) is 0 Å². The fourth-order valence-electron chi connectivity index (χ4n) is 8.16. The van der Waals surface area contributed by atoms with Crippen LogP contribution in [0.25, 0.3) is 44.2 Å². The molecule has 1 heterocycles. The Balaban J connectivity index is 1.35. The third-order valence-corrected chi connectivity index (χ3v) is 10.3. The van der Waals surface area contributed by atoms with Crippen molar-refractivity contribution in [2.75, 3.05) is 4.90 Å². The first-order valence-electron chi connectivity index (χ1n) is 19.2. The highest BCUT2D eigenvalue weighted by molar-refractivity contribution is 6.11. The fraction of sp³-hybridized carbons (Fsp3) is 0.0204. The normalized spacial score (nSPS) is 14.0. The van der Waals surface area contributed by atoms with E-state index in [0.29, 0.717) is 28.1 Å². The monoisotopic (exact) mass is 655 g/mol. The van der Waals surface area contributed by atoms with Crippen LogP contribution in [-0.4, -0.2) is 0 Å². The van der Waals surface area contributed by atoms with Gasteiger partial charge in [-0.1, -0.05) is 170 Å². The molecule has 0 N–H and O–H groups in total. The summed E-state index contributed by atoms with van der Waals surface area (Å²) >= 11 is 0. The van der Waals surface area contributed by atoms with Crippen molar-refractivity contribution in [2.45, 2.75) is 5.41 Å². The first-order chi connectivity index (χ1) is 27.0. The molecule has 0 saturated carbocycles. The molecular formula is C49H33NO. The number of para-hydroxylation sites is 3. The van der Waals surface area contributed by atoms with E-state index in [1.54, 1.807) is 0 Å². The van der Waals surface area contributed by atoms with Crippen molar-refractivity contribution in [3.05, 3.63) is 222 Å². The summed E-state index contributed by atoms with van der Waals surface area (Å²) < 4.78 is 43.4. The van der Waals surface area contributed by atoms with Crippen LogP contribution in [0.3, 0.4) is 0 Å². The minimum Gasteiger partial charge on any atom is -0.454 e. The predicted molar refractivity (Wildman–Crippen MR) is 211 cm³/mol. The maximum absolute atomic E-state index is 9.61. The molecular weight excluding hydrogens is 619 g/mol. The Bertz CT molecular complexity index is 2880. The summed E-state index contributed by atoms with van der Waals surface area (Å²) in [6, 6.07) is 58.9. The van der Waals surface area contributed by atoms with Crippen molar-refractivity contribution in [3.63, 3.8) is 0 Å². The van der Waals surface area contributed by atoms with Gasteiger partial charge in [-0.05, 0) is 69.3 Å². The summed E-state index contributed by atoms with van der Waals surface area (Å²) in [4.78, 5) is 1.98. The zero-order valence-electron chi connectivity index (χ0n) is 31.6. The highest BCUT2D eigenvalue weighted by atomic mass is 16.3. The molecule has 1 aliphatic rings. The number of benzene rings is 8. The largest absolute Gasteiger partial charge is 0.454 e. The van der Waals surface area contributed by atoms with Gasteiger partial charge in [-0.2, -0.15) is 0 Å². The number of nitrogens with zero attached hydrogens (tertiary/aromatic N) is 1. The van der Waals surface area contributed by atoms with Crippen LogP contribution < -0.4 is 4.90 Å². The van der Waals surface area contributed by atoms with Crippen molar-refractivity contribution in [2.24, 2.45) is 0 Å². The summed E-state index contributed by atoms with van der Waals surface area (Å²) in [7, 11) is 0. The number of hydrogen-bond donors (Lipinski definition) is 0.